The van der Waals surface area contributed by atoms with Crippen LogP contribution in [0.2, 0.25) is 0 Å². The molecule has 0 saturated heterocycles. The summed E-state index contributed by atoms with van der Waals surface area (Å²) in [6, 6.07) is 17.7. The molecule has 0 fully saturated rings. The molecule has 5 rings (SSSR count). The van der Waals surface area contributed by atoms with Gasteiger partial charge in [-0.15, -0.1) is 0 Å². The molecule has 0 unspecified atom stereocenters. The minimum atomic E-state index is -4.02. The summed E-state index contributed by atoms with van der Waals surface area (Å²) in [5.41, 5.74) is 4.46. The normalized spacial score (nSPS) is 12.9. The van der Waals surface area contributed by atoms with E-state index in [1.807, 2.05) is 43.3 Å². The van der Waals surface area contributed by atoms with Gasteiger partial charge in [0.15, 0.2) is 23.1 Å². The van der Waals surface area contributed by atoms with Crippen molar-refractivity contribution in [1.29, 1.82) is 0 Å². The van der Waals surface area contributed by atoms with Crippen molar-refractivity contribution in [3.05, 3.63) is 78.4 Å². The van der Waals surface area contributed by atoms with E-state index < -0.39 is 10.1 Å². The number of ether oxygens (including phenoxy) is 3. The van der Waals surface area contributed by atoms with Gasteiger partial charge in [0.1, 0.15) is 11.9 Å². The predicted molar refractivity (Wildman–Crippen MR) is 165 cm³/mol. The molecule has 42 heavy (non-hydrogen) atoms. The number of likely N-dealkylation sites (N-methyl/N-ethyl adjacent to an activating group) is 2. The van der Waals surface area contributed by atoms with Crippen LogP contribution in [0.5, 0.6) is 17.2 Å². The molecule has 3 aromatic carbocycles. The molecule has 0 radical (unpaired) electrons. The lowest BCUT2D eigenvalue weighted by Gasteiger charge is -2.33. The van der Waals surface area contributed by atoms with E-state index in [0.29, 0.717) is 17.2 Å². The Morgan fingerprint density at radius 3 is 1.74 bits per heavy atom. The van der Waals surface area contributed by atoms with Gasteiger partial charge in [0.2, 0.25) is 0 Å². The second kappa shape index (κ2) is 12.7. The molecule has 10 nitrogen and oxygen atoms in total. The summed E-state index contributed by atoms with van der Waals surface area (Å²) in [6.07, 6.45) is -0.145. The number of para-hydroxylation sites is 2. The van der Waals surface area contributed by atoms with Crippen molar-refractivity contribution in [3.63, 3.8) is 0 Å². The van der Waals surface area contributed by atoms with Crippen LogP contribution in [0, 0.1) is 6.92 Å². The molecular formula is C31H36N4O6S. The van der Waals surface area contributed by atoms with Crippen molar-refractivity contribution >= 4 is 38.4 Å². The van der Waals surface area contributed by atoms with E-state index in [1.165, 1.54) is 12.1 Å². The van der Waals surface area contributed by atoms with Crippen molar-refractivity contribution in [2.45, 2.75) is 31.8 Å². The molecule has 11 heteroatoms. The highest BCUT2D eigenvalue weighted by atomic mass is 32.2. The number of hydrogen-bond acceptors (Lipinski definition) is 9. The maximum absolute atomic E-state index is 10.5. The van der Waals surface area contributed by atoms with Gasteiger partial charge in [-0.3, -0.25) is 4.55 Å². The van der Waals surface area contributed by atoms with Crippen LogP contribution in [-0.4, -0.2) is 63.5 Å². The topological polar surface area (TPSA) is 114 Å². The molecule has 222 valence electrons. The molecule has 2 heterocycles. The number of anilines is 2. The van der Waals surface area contributed by atoms with Gasteiger partial charge in [-0.25, -0.2) is 9.97 Å². The highest BCUT2D eigenvalue weighted by Gasteiger charge is 2.40. The second-order valence-electron chi connectivity index (χ2n) is 9.53. The minimum Gasteiger partial charge on any atom is -0.496 e. The first kappa shape index (κ1) is 30.6. The first-order valence-electron chi connectivity index (χ1n) is 13.4. The predicted octanol–water partition coefficient (Wildman–Crippen LogP) is 5.60. The Balaban J connectivity index is 0.000000310. The Morgan fingerprint density at radius 2 is 1.31 bits per heavy atom. The van der Waals surface area contributed by atoms with Gasteiger partial charge in [-0.1, -0.05) is 36.4 Å². The minimum absolute atomic E-state index is 0.0666. The Bertz CT molecular complexity index is 1640. The smallest absolute Gasteiger partial charge is 0.294 e. The van der Waals surface area contributed by atoms with Gasteiger partial charge < -0.3 is 24.0 Å². The Morgan fingerprint density at radius 1 is 0.833 bits per heavy atom. The molecule has 4 aromatic rings. The zero-order chi connectivity index (χ0) is 30.6. The fourth-order valence-corrected chi connectivity index (χ4v) is 5.40. The van der Waals surface area contributed by atoms with E-state index in [1.54, 1.807) is 33.5 Å². The van der Waals surface area contributed by atoms with Gasteiger partial charge in [0, 0.05) is 24.7 Å². The van der Waals surface area contributed by atoms with E-state index in [-0.39, 0.29) is 11.1 Å². The lowest BCUT2D eigenvalue weighted by molar-refractivity contribution is 0.348. The number of benzene rings is 3. The first-order chi connectivity index (χ1) is 20.1. The molecule has 0 atom stereocenters. The fourth-order valence-electron chi connectivity index (χ4n) is 4.92. The van der Waals surface area contributed by atoms with Crippen molar-refractivity contribution < 1.29 is 27.2 Å². The van der Waals surface area contributed by atoms with Crippen LogP contribution < -0.4 is 24.0 Å². The third kappa shape index (κ3) is 5.97. The second-order valence-corrected chi connectivity index (χ2v) is 10.9. The van der Waals surface area contributed by atoms with Crippen LogP contribution >= 0.6 is 0 Å². The number of hydrogen-bond donors (Lipinski definition) is 1. The summed E-state index contributed by atoms with van der Waals surface area (Å²) in [5.74, 6) is 3.65. The summed E-state index contributed by atoms with van der Waals surface area (Å²) in [4.78, 5) is 14.3. The first-order valence-corrected chi connectivity index (χ1v) is 14.8. The largest absolute Gasteiger partial charge is 0.496 e. The van der Waals surface area contributed by atoms with E-state index in [4.69, 9.17) is 28.7 Å². The van der Waals surface area contributed by atoms with Crippen LogP contribution in [0.3, 0.4) is 0 Å². The number of aromatic nitrogens is 2. The molecule has 0 bridgehead atoms. The maximum Gasteiger partial charge on any atom is 0.294 e. The van der Waals surface area contributed by atoms with Crippen molar-refractivity contribution in [3.8, 4) is 17.2 Å². The Labute approximate surface area is 246 Å². The average molecular weight is 593 g/mol. The Kier molecular flexibility index (Phi) is 9.23. The average Bonchev–Trinajstić information content (AvgIpc) is 3.31. The van der Waals surface area contributed by atoms with E-state index in [9.17, 15) is 8.42 Å². The molecule has 1 aliphatic heterocycles. The number of fused-ring (bicyclic) bond motifs is 2. The zero-order valence-electron chi connectivity index (χ0n) is 24.7. The fraction of sp³-hybridized carbons (Fsp3) is 0.290. The number of methoxy groups -OCH3 is 3. The van der Waals surface area contributed by atoms with Gasteiger partial charge in [0.05, 0.1) is 37.3 Å². The SMILES string of the molecule is C=C(c1cc(OC)c(OC)cc1OC)C1N(CC)c2nc3ccccc3nc2N1CC.Cc1ccc(S(=O)(=O)O)cc1. The standard InChI is InChI=1S/C24H28N4O3.C7H8O3S/c1-7-27-22-23(26-18-12-10-9-11-17(18)25-22)28(8-2)24(27)15(3)16-13-20(30-5)21(31-6)14-19(16)29-4;1-6-2-4-7(5-3-6)11(8,9)10/h9-14,24H,3,7-8H2,1-2,4-6H3;2-5H,1H3,(H,8,9,10). The van der Waals surface area contributed by atoms with E-state index >= 15 is 0 Å². The molecule has 0 aliphatic carbocycles. The molecule has 0 saturated carbocycles. The third-order valence-corrected chi connectivity index (χ3v) is 7.90. The van der Waals surface area contributed by atoms with Gasteiger partial charge >= 0.3 is 0 Å². The lowest BCUT2D eigenvalue weighted by atomic mass is 10.0. The summed E-state index contributed by atoms with van der Waals surface area (Å²) in [5, 5.41) is 0. The number of aryl methyl sites for hydroxylation is 1. The molecular weight excluding hydrogens is 556 g/mol. The molecule has 0 spiro atoms. The monoisotopic (exact) mass is 592 g/mol. The third-order valence-electron chi connectivity index (χ3n) is 7.03. The number of rotatable bonds is 8. The highest BCUT2D eigenvalue weighted by molar-refractivity contribution is 7.85. The quantitative estimate of drug-likeness (QED) is 0.259. The van der Waals surface area contributed by atoms with Crippen LogP contribution in [-0.2, 0) is 10.1 Å². The van der Waals surface area contributed by atoms with E-state index in [0.717, 1.165) is 52.5 Å². The van der Waals surface area contributed by atoms with Gasteiger partial charge in [-0.05, 0) is 56.7 Å². The van der Waals surface area contributed by atoms with Crippen LogP contribution in [0.25, 0.3) is 16.6 Å². The molecule has 1 aromatic heterocycles. The van der Waals surface area contributed by atoms with Gasteiger partial charge in [0.25, 0.3) is 10.1 Å². The Hall–Kier alpha value is -4.35. The van der Waals surface area contributed by atoms with Gasteiger partial charge in [-0.2, -0.15) is 8.42 Å². The van der Waals surface area contributed by atoms with E-state index in [2.05, 4.69) is 30.2 Å². The van der Waals surface area contributed by atoms with Crippen molar-refractivity contribution in [2.75, 3.05) is 44.2 Å². The molecule has 1 aliphatic rings. The van der Waals surface area contributed by atoms with Crippen molar-refractivity contribution in [1.82, 2.24) is 9.97 Å². The zero-order valence-corrected chi connectivity index (χ0v) is 25.5. The molecule has 0 amide bonds. The maximum atomic E-state index is 10.5. The summed E-state index contributed by atoms with van der Waals surface area (Å²) < 4.78 is 46.2. The van der Waals surface area contributed by atoms with Crippen LogP contribution in [0.4, 0.5) is 11.6 Å². The lowest BCUT2D eigenvalue weighted by Crippen LogP contribution is -2.44. The van der Waals surface area contributed by atoms with Crippen molar-refractivity contribution in [2.24, 2.45) is 0 Å². The van der Waals surface area contributed by atoms with Crippen LogP contribution in [0.1, 0.15) is 25.0 Å². The summed E-state index contributed by atoms with van der Waals surface area (Å²) >= 11 is 0. The summed E-state index contributed by atoms with van der Waals surface area (Å²) in [6.45, 7) is 12.1. The molecule has 1 N–H and O–H groups in total. The summed E-state index contributed by atoms with van der Waals surface area (Å²) in [7, 11) is 0.859. The number of nitrogens with zero attached hydrogens (tertiary/aromatic N) is 4. The highest BCUT2D eigenvalue weighted by Crippen LogP contribution is 2.45. The van der Waals surface area contributed by atoms with Crippen LogP contribution in [0.15, 0.2) is 72.1 Å².